The second-order valence-corrected chi connectivity index (χ2v) is 7.48. The van der Waals surface area contributed by atoms with Gasteiger partial charge in [-0.2, -0.15) is 5.10 Å². The van der Waals surface area contributed by atoms with Gasteiger partial charge >= 0.3 is 5.97 Å². The molecule has 2 N–H and O–H groups in total. The number of ether oxygens (including phenoxy) is 1. The second-order valence-electron chi connectivity index (χ2n) is 7.48. The van der Waals surface area contributed by atoms with E-state index >= 15 is 0 Å². The van der Waals surface area contributed by atoms with Gasteiger partial charge in [0.1, 0.15) is 0 Å². The van der Waals surface area contributed by atoms with Crippen molar-refractivity contribution in [3.05, 3.63) is 59.8 Å². The number of para-hydroxylation sites is 1. The van der Waals surface area contributed by atoms with E-state index < -0.39 is 18.0 Å². The molecule has 0 fully saturated rings. The Kier molecular flexibility index (Phi) is 4.99. The van der Waals surface area contributed by atoms with Crippen LogP contribution in [0, 0.1) is 0 Å². The number of hydrogen-bond acceptors (Lipinski definition) is 4. The number of hydrogen-bond donors (Lipinski definition) is 2. The van der Waals surface area contributed by atoms with E-state index in [0.717, 1.165) is 5.52 Å². The van der Waals surface area contributed by atoms with Crippen LogP contribution in [0.1, 0.15) is 43.7 Å². The monoisotopic (exact) mass is 365 g/mol. The zero-order valence-corrected chi connectivity index (χ0v) is 15.9. The molecule has 0 saturated carbocycles. The van der Waals surface area contributed by atoms with E-state index in [-0.39, 0.29) is 11.1 Å². The number of amides is 1. The summed E-state index contributed by atoms with van der Waals surface area (Å²) >= 11 is 0. The van der Waals surface area contributed by atoms with E-state index in [0.29, 0.717) is 11.1 Å². The summed E-state index contributed by atoms with van der Waals surface area (Å²) in [6, 6.07) is 14.9. The lowest BCUT2D eigenvalue weighted by atomic mass is 9.87. The molecule has 3 rings (SSSR count). The normalized spacial score (nSPS) is 12.6. The number of fused-ring (bicyclic) bond motifs is 1. The fourth-order valence-corrected chi connectivity index (χ4v) is 2.69. The number of esters is 1. The molecular formula is C21H23N3O3. The number of carbonyl (C=O) groups is 2. The third kappa shape index (κ3) is 4.16. The average molecular weight is 365 g/mol. The van der Waals surface area contributed by atoms with Crippen LogP contribution in [0.25, 0.3) is 10.9 Å². The highest BCUT2D eigenvalue weighted by atomic mass is 16.5. The van der Waals surface area contributed by atoms with Crippen LogP contribution in [-0.4, -0.2) is 28.2 Å². The van der Waals surface area contributed by atoms with Gasteiger partial charge in [0.15, 0.2) is 11.8 Å². The van der Waals surface area contributed by atoms with Crippen molar-refractivity contribution in [2.75, 3.05) is 5.32 Å². The Morgan fingerprint density at radius 3 is 2.41 bits per heavy atom. The lowest BCUT2D eigenvalue weighted by molar-refractivity contribution is -0.123. The zero-order valence-electron chi connectivity index (χ0n) is 15.9. The lowest BCUT2D eigenvalue weighted by Gasteiger charge is -2.19. The van der Waals surface area contributed by atoms with Gasteiger partial charge in [0.25, 0.3) is 5.91 Å². The van der Waals surface area contributed by atoms with Gasteiger partial charge in [0.05, 0.1) is 5.52 Å². The summed E-state index contributed by atoms with van der Waals surface area (Å²) in [7, 11) is 0. The number of rotatable bonds is 4. The lowest BCUT2D eigenvalue weighted by Crippen LogP contribution is -2.30. The number of benzene rings is 2. The zero-order chi connectivity index (χ0) is 19.6. The van der Waals surface area contributed by atoms with E-state index in [1.807, 2.05) is 42.5 Å². The number of aromatic nitrogens is 2. The van der Waals surface area contributed by atoms with E-state index in [2.05, 4.69) is 36.3 Å². The van der Waals surface area contributed by atoms with Crippen molar-refractivity contribution in [1.82, 2.24) is 10.2 Å². The maximum absolute atomic E-state index is 12.4. The Morgan fingerprint density at radius 2 is 1.74 bits per heavy atom. The van der Waals surface area contributed by atoms with Crippen molar-refractivity contribution in [1.29, 1.82) is 0 Å². The summed E-state index contributed by atoms with van der Waals surface area (Å²) in [4.78, 5) is 24.7. The van der Waals surface area contributed by atoms with Gasteiger partial charge in [-0.1, -0.05) is 51.1 Å². The van der Waals surface area contributed by atoms with Gasteiger partial charge in [0, 0.05) is 11.1 Å². The minimum Gasteiger partial charge on any atom is -0.448 e. The van der Waals surface area contributed by atoms with Crippen LogP contribution in [0.15, 0.2) is 48.5 Å². The molecule has 3 aromatic rings. The molecule has 0 bridgehead atoms. The largest absolute Gasteiger partial charge is 0.448 e. The van der Waals surface area contributed by atoms with Gasteiger partial charge in [0.2, 0.25) is 0 Å². The molecule has 1 unspecified atom stereocenters. The van der Waals surface area contributed by atoms with Gasteiger partial charge in [-0.3, -0.25) is 9.89 Å². The third-order valence-electron chi connectivity index (χ3n) is 4.34. The maximum atomic E-state index is 12.4. The number of aromatic amines is 1. The molecule has 0 radical (unpaired) electrons. The molecule has 6 nitrogen and oxygen atoms in total. The number of H-pyrrole nitrogens is 1. The van der Waals surface area contributed by atoms with Gasteiger partial charge < -0.3 is 10.1 Å². The predicted molar refractivity (Wildman–Crippen MR) is 105 cm³/mol. The Morgan fingerprint density at radius 1 is 1.07 bits per heavy atom. The molecule has 0 saturated heterocycles. The first kappa shape index (κ1) is 18.6. The molecule has 0 aliphatic carbocycles. The van der Waals surface area contributed by atoms with Gasteiger partial charge in [-0.05, 0) is 36.1 Å². The Hall–Kier alpha value is -3.15. The summed E-state index contributed by atoms with van der Waals surface area (Å²) in [6.45, 7) is 7.91. The average Bonchev–Trinajstić information content (AvgIpc) is 3.05. The minimum atomic E-state index is -0.949. The van der Waals surface area contributed by atoms with Crippen molar-refractivity contribution in [3.63, 3.8) is 0 Å². The standard InChI is InChI=1S/C21H23N3O3/c1-13(19(25)22-15-11-9-14(10-12-15)21(2,3)4)27-20(26)18-16-7-5-6-8-17(16)23-24-18/h5-13H,1-4H3,(H,22,25)(H,23,24). The smallest absolute Gasteiger partial charge is 0.360 e. The highest BCUT2D eigenvalue weighted by Crippen LogP contribution is 2.23. The van der Waals surface area contributed by atoms with Crippen LogP contribution in [0.2, 0.25) is 0 Å². The van der Waals surface area contributed by atoms with E-state index in [1.54, 1.807) is 6.07 Å². The molecule has 1 aromatic heterocycles. The molecular weight excluding hydrogens is 342 g/mol. The van der Waals surface area contributed by atoms with Crippen LogP contribution in [0.3, 0.4) is 0 Å². The molecule has 1 amide bonds. The fraction of sp³-hybridized carbons (Fsp3) is 0.286. The molecule has 6 heteroatoms. The maximum Gasteiger partial charge on any atom is 0.360 e. The number of nitrogens with zero attached hydrogens (tertiary/aromatic N) is 1. The van der Waals surface area contributed by atoms with Crippen LogP contribution < -0.4 is 5.32 Å². The van der Waals surface area contributed by atoms with Crippen molar-refractivity contribution in [2.45, 2.75) is 39.2 Å². The Labute approximate surface area is 157 Å². The topological polar surface area (TPSA) is 84.1 Å². The van der Waals surface area contributed by atoms with Crippen LogP contribution in [0.5, 0.6) is 0 Å². The van der Waals surface area contributed by atoms with E-state index in [4.69, 9.17) is 4.74 Å². The van der Waals surface area contributed by atoms with Crippen molar-refractivity contribution >= 4 is 28.5 Å². The summed E-state index contributed by atoms with van der Waals surface area (Å²) in [6.07, 6.45) is -0.949. The molecule has 0 spiro atoms. The van der Waals surface area contributed by atoms with Crippen molar-refractivity contribution in [3.8, 4) is 0 Å². The molecule has 2 aromatic carbocycles. The Balaban J connectivity index is 1.64. The SMILES string of the molecule is CC(OC(=O)c1n[nH]c2ccccc12)C(=O)Nc1ccc(C(C)(C)C)cc1. The number of anilines is 1. The first-order valence-electron chi connectivity index (χ1n) is 8.81. The number of carbonyl (C=O) groups excluding carboxylic acids is 2. The fourth-order valence-electron chi connectivity index (χ4n) is 2.69. The highest BCUT2D eigenvalue weighted by molar-refractivity contribution is 6.03. The first-order chi connectivity index (χ1) is 12.8. The third-order valence-corrected chi connectivity index (χ3v) is 4.34. The molecule has 140 valence electrons. The summed E-state index contributed by atoms with van der Waals surface area (Å²) in [5.41, 5.74) is 2.77. The molecule has 1 atom stereocenters. The van der Waals surface area contributed by atoms with Crippen LogP contribution >= 0.6 is 0 Å². The predicted octanol–water partition coefficient (Wildman–Crippen LogP) is 4.04. The van der Waals surface area contributed by atoms with Crippen LogP contribution in [0.4, 0.5) is 5.69 Å². The molecule has 27 heavy (non-hydrogen) atoms. The van der Waals surface area contributed by atoms with Crippen molar-refractivity contribution < 1.29 is 14.3 Å². The summed E-state index contributed by atoms with van der Waals surface area (Å²) in [5, 5.41) is 10.2. The van der Waals surface area contributed by atoms with Crippen molar-refractivity contribution in [2.24, 2.45) is 0 Å². The molecule has 0 aliphatic heterocycles. The summed E-state index contributed by atoms with van der Waals surface area (Å²) < 4.78 is 5.28. The van der Waals surface area contributed by atoms with E-state index in [1.165, 1.54) is 12.5 Å². The number of nitrogens with one attached hydrogen (secondary N) is 2. The minimum absolute atomic E-state index is 0.0394. The Bertz CT molecular complexity index is 968. The summed E-state index contributed by atoms with van der Waals surface area (Å²) in [5.74, 6) is -1.04. The van der Waals surface area contributed by atoms with Gasteiger partial charge in [-0.25, -0.2) is 4.79 Å². The van der Waals surface area contributed by atoms with Crippen LogP contribution in [-0.2, 0) is 14.9 Å². The highest BCUT2D eigenvalue weighted by Gasteiger charge is 2.22. The molecule has 0 aliphatic rings. The van der Waals surface area contributed by atoms with Gasteiger partial charge in [-0.15, -0.1) is 0 Å². The quantitative estimate of drug-likeness (QED) is 0.683. The first-order valence-corrected chi connectivity index (χ1v) is 8.81. The van der Waals surface area contributed by atoms with E-state index in [9.17, 15) is 9.59 Å². The second kappa shape index (κ2) is 7.23. The molecule has 1 heterocycles.